The lowest BCUT2D eigenvalue weighted by atomic mass is 10.1. The van der Waals surface area contributed by atoms with Gasteiger partial charge in [-0.2, -0.15) is 4.99 Å². The highest BCUT2D eigenvalue weighted by molar-refractivity contribution is 7.16. The van der Waals surface area contributed by atoms with E-state index in [0.717, 1.165) is 27.0 Å². The maximum absolute atomic E-state index is 12.8. The quantitative estimate of drug-likeness (QED) is 0.686. The third-order valence-electron chi connectivity index (χ3n) is 5.26. The molecule has 0 spiro atoms. The van der Waals surface area contributed by atoms with Crippen LogP contribution in [0.25, 0.3) is 10.2 Å². The molecule has 0 aliphatic carbocycles. The normalized spacial score (nSPS) is 17.9. The van der Waals surface area contributed by atoms with Gasteiger partial charge in [0.2, 0.25) is 5.91 Å². The molecule has 1 saturated heterocycles. The molecule has 1 aliphatic rings. The monoisotopic (exact) mass is 379 g/mol. The molecule has 27 heavy (non-hydrogen) atoms. The number of fused-ring (bicyclic) bond motifs is 1. The molecule has 5 nitrogen and oxygen atoms in total. The number of anilines is 1. The van der Waals surface area contributed by atoms with Gasteiger partial charge in [-0.25, -0.2) is 0 Å². The minimum atomic E-state index is -0.400. The van der Waals surface area contributed by atoms with Crippen molar-refractivity contribution in [2.45, 2.75) is 20.3 Å². The Labute approximate surface area is 161 Å². The van der Waals surface area contributed by atoms with Gasteiger partial charge in [-0.1, -0.05) is 35.6 Å². The van der Waals surface area contributed by atoms with Gasteiger partial charge in [0.1, 0.15) is 0 Å². The summed E-state index contributed by atoms with van der Waals surface area (Å²) in [6.45, 7) is 4.42. The number of amides is 2. The Bertz CT molecular complexity index is 1130. The summed E-state index contributed by atoms with van der Waals surface area (Å²) in [5, 5.41) is 0. The summed E-state index contributed by atoms with van der Waals surface area (Å²) in [5.41, 5.74) is 4.15. The Morgan fingerprint density at radius 3 is 2.70 bits per heavy atom. The summed E-state index contributed by atoms with van der Waals surface area (Å²) in [4.78, 5) is 32.0. The van der Waals surface area contributed by atoms with E-state index in [1.54, 1.807) is 4.90 Å². The Hall–Kier alpha value is -2.73. The Balaban J connectivity index is 1.63. The summed E-state index contributed by atoms with van der Waals surface area (Å²) in [6.07, 6.45) is 0.213. The maximum atomic E-state index is 12.8. The predicted octanol–water partition coefficient (Wildman–Crippen LogP) is 3.34. The first kappa shape index (κ1) is 17.7. The molecule has 1 atom stereocenters. The zero-order valence-electron chi connectivity index (χ0n) is 15.6. The standard InChI is InChI=1S/C21H21N3O2S/c1-13-7-6-9-16(14(13)2)24-12-15(11-19(24)25)20(26)22-21-23(3)17-8-4-5-10-18(17)27-21/h4-10,15H,11-12H2,1-3H3/t15-/m1/s1. The molecule has 1 aromatic heterocycles. The minimum absolute atomic E-state index is 0.0158. The molecule has 0 unspecified atom stereocenters. The highest BCUT2D eigenvalue weighted by Gasteiger charge is 2.35. The number of hydrogen-bond acceptors (Lipinski definition) is 3. The van der Waals surface area contributed by atoms with Crippen molar-refractivity contribution in [1.82, 2.24) is 4.57 Å². The van der Waals surface area contributed by atoms with Gasteiger partial charge >= 0.3 is 0 Å². The highest BCUT2D eigenvalue weighted by atomic mass is 32.1. The average molecular weight is 379 g/mol. The lowest BCUT2D eigenvalue weighted by Crippen LogP contribution is -2.27. The van der Waals surface area contributed by atoms with Crippen LogP contribution in [0, 0.1) is 19.8 Å². The fourth-order valence-electron chi connectivity index (χ4n) is 3.51. The number of thiazole rings is 1. The number of hydrogen-bond donors (Lipinski definition) is 0. The van der Waals surface area contributed by atoms with Crippen molar-refractivity contribution in [2.75, 3.05) is 11.4 Å². The van der Waals surface area contributed by atoms with Gasteiger partial charge in [0.05, 0.1) is 16.1 Å². The van der Waals surface area contributed by atoms with Crippen LogP contribution >= 0.6 is 11.3 Å². The fourth-order valence-corrected chi connectivity index (χ4v) is 4.53. The molecule has 2 amide bonds. The summed E-state index contributed by atoms with van der Waals surface area (Å²) in [6, 6.07) is 13.9. The third kappa shape index (κ3) is 3.10. The number of aromatic nitrogens is 1. The fraction of sp³-hybridized carbons (Fsp3) is 0.286. The van der Waals surface area contributed by atoms with E-state index < -0.39 is 5.92 Å². The van der Waals surface area contributed by atoms with E-state index in [0.29, 0.717) is 11.3 Å². The first-order chi connectivity index (χ1) is 13.0. The number of rotatable bonds is 2. The molecule has 6 heteroatoms. The van der Waals surface area contributed by atoms with E-state index in [1.807, 2.05) is 67.9 Å². The number of para-hydroxylation sites is 1. The van der Waals surface area contributed by atoms with Crippen molar-refractivity contribution < 1.29 is 9.59 Å². The molecule has 0 radical (unpaired) electrons. The molecular formula is C21H21N3O2S. The molecule has 0 bridgehead atoms. The van der Waals surface area contributed by atoms with E-state index in [9.17, 15) is 9.59 Å². The third-order valence-corrected chi connectivity index (χ3v) is 6.37. The molecule has 138 valence electrons. The van der Waals surface area contributed by atoms with Crippen molar-refractivity contribution in [3.63, 3.8) is 0 Å². The van der Waals surface area contributed by atoms with Crippen molar-refractivity contribution in [3.8, 4) is 0 Å². The summed E-state index contributed by atoms with van der Waals surface area (Å²) >= 11 is 1.49. The van der Waals surface area contributed by atoms with Crippen molar-refractivity contribution in [2.24, 2.45) is 18.0 Å². The van der Waals surface area contributed by atoms with Crippen LogP contribution in [0.2, 0.25) is 0 Å². The Morgan fingerprint density at radius 2 is 1.93 bits per heavy atom. The summed E-state index contributed by atoms with van der Waals surface area (Å²) < 4.78 is 3.02. The maximum Gasteiger partial charge on any atom is 0.253 e. The molecule has 3 aromatic rings. The molecule has 1 fully saturated rings. The molecule has 2 aromatic carbocycles. The first-order valence-electron chi connectivity index (χ1n) is 8.95. The van der Waals surface area contributed by atoms with Crippen LogP contribution in [0.4, 0.5) is 5.69 Å². The van der Waals surface area contributed by atoms with Crippen LogP contribution in [0.5, 0.6) is 0 Å². The number of carbonyl (C=O) groups is 2. The van der Waals surface area contributed by atoms with E-state index >= 15 is 0 Å². The average Bonchev–Trinajstić information content (AvgIpc) is 3.19. The van der Waals surface area contributed by atoms with Crippen molar-refractivity contribution in [1.29, 1.82) is 0 Å². The second-order valence-corrected chi connectivity index (χ2v) is 7.99. The first-order valence-corrected chi connectivity index (χ1v) is 9.77. The second kappa shape index (κ2) is 6.78. The van der Waals surface area contributed by atoms with Crippen LogP contribution < -0.4 is 9.70 Å². The predicted molar refractivity (Wildman–Crippen MR) is 108 cm³/mol. The molecular weight excluding hydrogens is 358 g/mol. The molecule has 0 N–H and O–H groups in total. The van der Waals surface area contributed by atoms with E-state index in [-0.39, 0.29) is 18.2 Å². The Morgan fingerprint density at radius 1 is 1.15 bits per heavy atom. The lowest BCUT2D eigenvalue weighted by molar-refractivity contribution is -0.123. The van der Waals surface area contributed by atoms with Crippen LogP contribution in [0.3, 0.4) is 0 Å². The zero-order valence-corrected chi connectivity index (χ0v) is 16.4. The van der Waals surface area contributed by atoms with E-state index in [1.165, 1.54) is 11.3 Å². The van der Waals surface area contributed by atoms with Crippen molar-refractivity contribution in [3.05, 3.63) is 58.4 Å². The second-order valence-electron chi connectivity index (χ2n) is 6.99. The molecule has 0 saturated carbocycles. The topological polar surface area (TPSA) is 54.7 Å². The zero-order chi connectivity index (χ0) is 19.1. The van der Waals surface area contributed by atoms with Crippen LogP contribution in [0.1, 0.15) is 17.5 Å². The smallest absolute Gasteiger partial charge is 0.253 e. The SMILES string of the molecule is Cc1cccc(N2C[C@H](C(=O)N=c3sc4ccccc4n3C)CC2=O)c1C. The molecule has 1 aliphatic heterocycles. The van der Waals surface area contributed by atoms with Gasteiger partial charge in [0, 0.05) is 25.7 Å². The minimum Gasteiger partial charge on any atom is -0.319 e. The van der Waals surface area contributed by atoms with Crippen LogP contribution in [-0.2, 0) is 16.6 Å². The van der Waals surface area contributed by atoms with Crippen LogP contribution in [-0.4, -0.2) is 22.9 Å². The highest BCUT2D eigenvalue weighted by Crippen LogP contribution is 2.29. The number of carbonyl (C=O) groups excluding carboxylic acids is 2. The van der Waals surface area contributed by atoms with E-state index in [2.05, 4.69) is 4.99 Å². The van der Waals surface area contributed by atoms with Gasteiger partial charge in [-0.3, -0.25) is 9.59 Å². The molecule has 2 heterocycles. The molecule has 4 rings (SSSR count). The van der Waals surface area contributed by atoms with Gasteiger partial charge in [0.15, 0.2) is 4.80 Å². The van der Waals surface area contributed by atoms with Gasteiger partial charge in [-0.05, 0) is 43.2 Å². The Kier molecular flexibility index (Phi) is 4.44. The van der Waals surface area contributed by atoms with E-state index in [4.69, 9.17) is 0 Å². The summed E-state index contributed by atoms with van der Waals surface area (Å²) in [7, 11) is 1.91. The van der Waals surface area contributed by atoms with Crippen molar-refractivity contribution >= 4 is 39.1 Å². The van der Waals surface area contributed by atoms with Gasteiger partial charge < -0.3 is 9.47 Å². The lowest BCUT2D eigenvalue weighted by Gasteiger charge is -2.19. The van der Waals surface area contributed by atoms with Gasteiger partial charge in [0.25, 0.3) is 5.91 Å². The van der Waals surface area contributed by atoms with Gasteiger partial charge in [-0.15, -0.1) is 0 Å². The largest absolute Gasteiger partial charge is 0.319 e. The number of aryl methyl sites for hydroxylation is 2. The number of benzene rings is 2. The number of nitrogens with zero attached hydrogens (tertiary/aromatic N) is 3. The summed E-state index contributed by atoms with van der Waals surface area (Å²) in [5.74, 6) is -0.640. The van der Waals surface area contributed by atoms with Crippen LogP contribution in [0.15, 0.2) is 47.5 Å².